The molecule has 10 heteroatoms. The van der Waals surface area contributed by atoms with Crippen molar-refractivity contribution >= 4 is 33.9 Å². The Morgan fingerprint density at radius 2 is 1.79 bits per heavy atom. The van der Waals surface area contributed by atoms with E-state index in [1.807, 2.05) is 30.3 Å². The predicted molar refractivity (Wildman–Crippen MR) is 127 cm³/mol. The van der Waals surface area contributed by atoms with Gasteiger partial charge in [0.1, 0.15) is 22.2 Å². The standard InChI is InChI=1S/C23H28BrN3O6/c1-23(2,3)33-22(32)25-13-7-12-17(21(30)31)26-19(28)16-11-8-14-27(20(16)29)18(24)15-9-5-4-6-10-15/h4-6,8-11,14,17-18H,7,12-13H2,1-3H3,(H,25,32)(H,26,28)(H,30,31)/t17-,18?/m0/s1. The largest absolute Gasteiger partial charge is 0.480 e. The van der Waals surface area contributed by atoms with Crippen LogP contribution in [0.3, 0.4) is 0 Å². The number of amides is 2. The second kappa shape index (κ2) is 11.6. The summed E-state index contributed by atoms with van der Waals surface area (Å²) in [7, 11) is 0. The van der Waals surface area contributed by atoms with Crippen molar-refractivity contribution in [1.29, 1.82) is 0 Å². The van der Waals surface area contributed by atoms with Gasteiger partial charge in [0.2, 0.25) is 0 Å². The lowest BCUT2D eigenvalue weighted by Crippen LogP contribution is -2.43. The number of carbonyl (C=O) groups is 3. The molecule has 33 heavy (non-hydrogen) atoms. The zero-order chi connectivity index (χ0) is 24.6. The molecule has 1 heterocycles. The number of alkyl halides is 1. The number of alkyl carbamates (subject to hydrolysis) is 1. The summed E-state index contributed by atoms with van der Waals surface area (Å²) in [6.45, 7) is 5.38. The molecule has 2 atom stereocenters. The number of rotatable bonds is 9. The van der Waals surface area contributed by atoms with E-state index in [1.54, 1.807) is 33.0 Å². The van der Waals surface area contributed by atoms with Crippen LogP contribution in [0.4, 0.5) is 4.79 Å². The van der Waals surface area contributed by atoms with E-state index < -0.39 is 40.1 Å². The van der Waals surface area contributed by atoms with E-state index in [-0.39, 0.29) is 24.9 Å². The van der Waals surface area contributed by atoms with Crippen LogP contribution < -0.4 is 16.2 Å². The Morgan fingerprint density at radius 3 is 2.39 bits per heavy atom. The second-order valence-electron chi connectivity index (χ2n) is 8.32. The van der Waals surface area contributed by atoms with Crippen molar-refractivity contribution in [2.45, 2.75) is 50.2 Å². The highest BCUT2D eigenvalue weighted by Crippen LogP contribution is 2.22. The number of ether oxygens (including phenoxy) is 1. The third-order valence-electron chi connectivity index (χ3n) is 4.48. The molecule has 2 rings (SSSR count). The average Bonchev–Trinajstić information content (AvgIpc) is 2.74. The normalized spacial score (nSPS) is 13.0. The van der Waals surface area contributed by atoms with Crippen molar-refractivity contribution in [3.8, 4) is 0 Å². The SMILES string of the molecule is CC(C)(C)OC(=O)NCCC[C@H](NC(=O)c1cccn(C(Br)c2ccccc2)c1=O)C(=O)O. The number of hydrogen-bond acceptors (Lipinski definition) is 5. The number of aromatic nitrogens is 1. The van der Waals surface area contributed by atoms with E-state index >= 15 is 0 Å². The maximum atomic E-state index is 12.9. The molecule has 0 fully saturated rings. The molecule has 0 saturated carbocycles. The molecule has 0 spiro atoms. The van der Waals surface area contributed by atoms with Crippen molar-refractivity contribution < 1.29 is 24.2 Å². The van der Waals surface area contributed by atoms with Crippen LogP contribution in [0.5, 0.6) is 0 Å². The van der Waals surface area contributed by atoms with E-state index in [1.165, 1.54) is 10.6 Å². The minimum Gasteiger partial charge on any atom is -0.480 e. The number of nitrogens with zero attached hydrogens (tertiary/aromatic N) is 1. The van der Waals surface area contributed by atoms with Gasteiger partial charge >= 0.3 is 12.1 Å². The van der Waals surface area contributed by atoms with Gasteiger partial charge in [0.15, 0.2) is 0 Å². The lowest BCUT2D eigenvalue weighted by Gasteiger charge is -2.20. The third kappa shape index (κ3) is 8.05. The Kier molecular flexibility index (Phi) is 9.22. The van der Waals surface area contributed by atoms with Crippen LogP contribution in [0.25, 0.3) is 0 Å². The number of pyridine rings is 1. The van der Waals surface area contributed by atoms with E-state index in [2.05, 4.69) is 26.6 Å². The lowest BCUT2D eigenvalue weighted by molar-refractivity contribution is -0.139. The minimum absolute atomic E-state index is 0.0585. The maximum absolute atomic E-state index is 12.9. The molecule has 1 unspecified atom stereocenters. The van der Waals surface area contributed by atoms with Gasteiger partial charge in [0.25, 0.3) is 11.5 Å². The number of benzene rings is 1. The molecule has 3 N–H and O–H groups in total. The molecule has 0 aliphatic carbocycles. The number of aliphatic carboxylic acids is 1. The third-order valence-corrected chi connectivity index (χ3v) is 5.45. The Hall–Kier alpha value is -3.14. The predicted octanol–water partition coefficient (Wildman–Crippen LogP) is 3.28. The first kappa shape index (κ1) is 26.1. The van der Waals surface area contributed by atoms with E-state index in [4.69, 9.17) is 4.74 Å². The highest BCUT2D eigenvalue weighted by atomic mass is 79.9. The smallest absolute Gasteiger partial charge is 0.407 e. The Labute approximate surface area is 200 Å². The zero-order valence-electron chi connectivity index (χ0n) is 18.7. The van der Waals surface area contributed by atoms with Gasteiger partial charge in [-0.3, -0.25) is 14.2 Å². The van der Waals surface area contributed by atoms with Crippen LogP contribution in [0, 0.1) is 0 Å². The van der Waals surface area contributed by atoms with E-state index in [9.17, 15) is 24.3 Å². The minimum atomic E-state index is -1.24. The summed E-state index contributed by atoms with van der Waals surface area (Å²) in [5.41, 5.74) is -0.552. The van der Waals surface area contributed by atoms with Crippen molar-refractivity contribution in [1.82, 2.24) is 15.2 Å². The summed E-state index contributed by atoms with van der Waals surface area (Å²) in [6, 6.07) is 10.9. The van der Waals surface area contributed by atoms with E-state index in [0.717, 1.165) is 5.56 Å². The molecule has 0 bridgehead atoms. The number of hydrogen-bond donors (Lipinski definition) is 3. The molecule has 1 aromatic carbocycles. The Balaban J connectivity index is 2.02. The molecule has 0 aliphatic heterocycles. The van der Waals surface area contributed by atoms with Gasteiger partial charge < -0.3 is 20.5 Å². The van der Waals surface area contributed by atoms with Gasteiger partial charge in [-0.25, -0.2) is 9.59 Å². The molecule has 2 aromatic rings. The van der Waals surface area contributed by atoms with Gasteiger partial charge in [0.05, 0.1) is 0 Å². The molecule has 0 radical (unpaired) electrons. The van der Waals surface area contributed by atoms with Gasteiger partial charge in [-0.05, 0) is 51.3 Å². The summed E-state index contributed by atoms with van der Waals surface area (Å²) in [5.74, 6) is -2.02. The Bertz CT molecular complexity index is 1030. The van der Waals surface area contributed by atoms with Crippen LogP contribution in [0.2, 0.25) is 0 Å². The first-order valence-electron chi connectivity index (χ1n) is 10.4. The average molecular weight is 522 g/mol. The summed E-state index contributed by atoms with van der Waals surface area (Å²) in [6.07, 6.45) is 1.28. The van der Waals surface area contributed by atoms with E-state index in [0.29, 0.717) is 0 Å². The van der Waals surface area contributed by atoms with Gasteiger partial charge in [-0.1, -0.05) is 46.3 Å². The highest BCUT2D eigenvalue weighted by molar-refractivity contribution is 9.09. The maximum Gasteiger partial charge on any atom is 0.407 e. The number of carboxylic acid groups (broad SMARTS) is 1. The van der Waals surface area contributed by atoms with Crippen LogP contribution >= 0.6 is 15.9 Å². The molecule has 2 amide bonds. The topological polar surface area (TPSA) is 127 Å². The molecule has 0 saturated heterocycles. The highest BCUT2D eigenvalue weighted by Gasteiger charge is 2.23. The summed E-state index contributed by atoms with van der Waals surface area (Å²) >= 11 is 3.47. The lowest BCUT2D eigenvalue weighted by atomic mass is 10.1. The van der Waals surface area contributed by atoms with Gasteiger partial charge in [0, 0.05) is 12.7 Å². The van der Waals surface area contributed by atoms with Crippen LogP contribution in [0.1, 0.15) is 54.5 Å². The fourth-order valence-electron chi connectivity index (χ4n) is 2.94. The van der Waals surface area contributed by atoms with Crippen LogP contribution in [-0.4, -0.2) is 45.8 Å². The summed E-state index contributed by atoms with van der Waals surface area (Å²) < 4.78 is 6.47. The summed E-state index contributed by atoms with van der Waals surface area (Å²) in [5, 5.41) is 14.4. The first-order chi connectivity index (χ1) is 15.5. The first-order valence-corrected chi connectivity index (χ1v) is 11.3. The van der Waals surface area contributed by atoms with Crippen molar-refractivity contribution in [2.75, 3.05) is 6.54 Å². The molecule has 1 aromatic heterocycles. The molecule has 0 aliphatic rings. The van der Waals surface area contributed by atoms with Crippen LogP contribution in [0.15, 0.2) is 53.5 Å². The fourth-order valence-corrected chi connectivity index (χ4v) is 3.57. The molecular weight excluding hydrogens is 494 g/mol. The fraction of sp³-hybridized carbons (Fsp3) is 0.391. The number of nitrogens with one attached hydrogen (secondary N) is 2. The van der Waals surface area contributed by atoms with Crippen molar-refractivity contribution in [3.63, 3.8) is 0 Å². The van der Waals surface area contributed by atoms with Crippen molar-refractivity contribution in [2.24, 2.45) is 0 Å². The van der Waals surface area contributed by atoms with Crippen molar-refractivity contribution in [3.05, 3.63) is 70.1 Å². The summed E-state index contributed by atoms with van der Waals surface area (Å²) in [4.78, 5) is 48.4. The van der Waals surface area contributed by atoms with Gasteiger partial charge in [-0.15, -0.1) is 0 Å². The molecule has 178 valence electrons. The van der Waals surface area contributed by atoms with Gasteiger partial charge in [-0.2, -0.15) is 0 Å². The zero-order valence-corrected chi connectivity index (χ0v) is 20.3. The number of carboxylic acids is 1. The van der Waals surface area contributed by atoms with Crippen LogP contribution in [-0.2, 0) is 9.53 Å². The quantitative estimate of drug-likeness (QED) is 0.343. The molecular formula is C23H28BrN3O6. The monoisotopic (exact) mass is 521 g/mol. The molecule has 9 nitrogen and oxygen atoms in total. The number of carbonyl (C=O) groups excluding carboxylic acids is 2. The Morgan fingerprint density at radius 1 is 1.12 bits per heavy atom. The second-order valence-corrected chi connectivity index (χ2v) is 9.18. The number of halogens is 1.